The van der Waals surface area contributed by atoms with E-state index in [-0.39, 0.29) is 18.0 Å². The van der Waals surface area contributed by atoms with Crippen molar-refractivity contribution >= 4 is 5.91 Å². The first-order valence-corrected chi connectivity index (χ1v) is 5.55. The third-order valence-electron chi connectivity index (χ3n) is 2.69. The second-order valence-electron chi connectivity index (χ2n) is 4.26. The standard InChI is InChI=1S/C11H20N4O/c1-8(2)10(7-12)14-11(16)9(3)15-6-4-5-13-15/h4-6,8-10H,7,12H2,1-3H3,(H,14,16). The molecule has 0 aromatic carbocycles. The number of hydrogen-bond acceptors (Lipinski definition) is 3. The van der Waals surface area contributed by atoms with Gasteiger partial charge >= 0.3 is 0 Å². The molecule has 16 heavy (non-hydrogen) atoms. The van der Waals surface area contributed by atoms with Crippen LogP contribution < -0.4 is 11.1 Å². The minimum absolute atomic E-state index is 0.0190. The lowest BCUT2D eigenvalue weighted by molar-refractivity contribution is -0.125. The lowest BCUT2D eigenvalue weighted by Crippen LogP contribution is -2.46. The summed E-state index contributed by atoms with van der Waals surface area (Å²) < 4.78 is 1.63. The van der Waals surface area contributed by atoms with E-state index in [9.17, 15) is 4.79 Å². The summed E-state index contributed by atoms with van der Waals surface area (Å²) in [6.07, 6.45) is 3.43. The fourth-order valence-electron chi connectivity index (χ4n) is 1.43. The maximum Gasteiger partial charge on any atom is 0.244 e. The van der Waals surface area contributed by atoms with Crippen LogP contribution in [0.4, 0.5) is 0 Å². The molecule has 3 N–H and O–H groups in total. The molecule has 0 bridgehead atoms. The van der Waals surface area contributed by atoms with Crippen LogP contribution in [0, 0.1) is 5.92 Å². The number of nitrogens with one attached hydrogen (secondary N) is 1. The van der Waals surface area contributed by atoms with Crippen LogP contribution in [0.15, 0.2) is 18.5 Å². The molecule has 0 aliphatic carbocycles. The fraction of sp³-hybridized carbons (Fsp3) is 0.636. The number of rotatable bonds is 5. The van der Waals surface area contributed by atoms with E-state index in [1.54, 1.807) is 23.1 Å². The predicted octanol–water partition coefficient (Wildman–Crippen LogP) is 0.544. The van der Waals surface area contributed by atoms with Crippen molar-refractivity contribution in [2.45, 2.75) is 32.9 Å². The van der Waals surface area contributed by atoms with Gasteiger partial charge in [0.2, 0.25) is 5.91 Å². The highest BCUT2D eigenvalue weighted by Gasteiger charge is 2.20. The van der Waals surface area contributed by atoms with E-state index >= 15 is 0 Å². The van der Waals surface area contributed by atoms with E-state index in [0.717, 1.165) is 0 Å². The lowest BCUT2D eigenvalue weighted by atomic mass is 10.0. The van der Waals surface area contributed by atoms with Gasteiger partial charge in [0.05, 0.1) is 0 Å². The number of nitrogens with two attached hydrogens (primary N) is 1. The van der Waals surface area contributed by atoms with E-state index in [1.807, 2.05) is 20.8 Å². The minimum Gasteiger partial charge on any atom is -0.350 e. The largest absolute Gasteiger partial charge is 0.350 e. The van der Waals surface area contributed by atoms with Crippen molar-refractivity contribution in [3.63, 3.8) is 0 Å². The topological polar surface area (TPSA) is 72.9 Å². The highest BCUT2D eigenvalue weighted by molar-refractivity contribution is 5.80. The van der Waals surface area contributed by atoms with Gasteiger partial charge in [-0.2, -0.15) is 5.10 Å². The van der Waals surface area contributed by atoms with Crippen LogP contribution in [0.2, 0.25) is 0 Å². The molecule has 90 valence electrons. The lowest BCUT2D eigenvalue weighted by Gasteiger charge is -2.22. The van der Waals surface area contributed by atoms with Gasteiger partial charge in [-0.05, 0) is 18.9 Å². The van der Waals surface area contributed by atoms with E-state index < -0.39 is 0 Å². The zero-order valence-electron chi connectivity index (χ0n) is 10.1. The van der Waals surface area contributed by atoms with Crippen molar-refractivity contribution in [3.8, 4) is 0 Å². The van der Waals surface area contributed by atoms with Gasteiger partial charge in [-0.3, -0.25) is 9.48 Å². The highest BCUT2D eigenvalue weighted by atomic mass is 16.2. The normalized spacial score (nSPS) is 14.8. The molecule has 0 aliphatic rings. The fourth-order valence-corrected chi connectivity index (χ4v) is 1.43. The molecule has 1 heterocycles. The first-order chi connectivity index (χ1) is 7.56. The maximum atomic E-state index is 11.9. The maximum absolute atomic E-state index is 11.9. The minimum atomic E-state index is -0.303. The highest BCUT2D eigenvalue weighted by Crippen LogP contribution is 2.06. The van der Waals surface area contributed by atoms with Crippen LogP contribution in [0.1, 0.15) is 26.8 Å². The third kappa shape index (κ3) is 3.06. The molecule has 0 saturated carbocycles. The number of hydrogen-bond donors (Lipinski definition) is 2. The van der Waals surface area contributed by atoms with E-state index in [4.69, 9.17) is 5.73 Å². The zero-order chi connectivity index (χ0) is 12.1. The summed E-state index contributed by atoms with van der Waals surface area (Å²) in [5.74, 6) is 0.284. The van der Waals surface area contributed by atoms with Gasteiger partial charge in [0.1, 0.15) is 6.04 Å². The average Bonchev–Trinajstić information content (AvgIpc) is 2.77. The Kier molecular flexibility index (Phi) is 4.49. The molecule has 1 amide bonds. The summed E-state index contributed by atoms with van der Waals surface area (Å²) >= 11 is 0. The Bertz CT molecular complexity index is 321. The van der Waals surface area contributed by atoms with Gasteiger partial charge in [0.25, 0.3) is 0 Å². The number of nitrogens with zero attached hydrogens (tertiary/aromatic N) is 2. The van der Waals surface area contributed by atoms with Crippen LogP contribution in [-0.4, -0.2) is 28.3 Å². The molecule has 1 aromatic rings. The monoisotopic (exact) mass is 224 g/mol. The number of amides is 1. The van der Waals surface area contributed by atoms with Crippen molar-refractivity contribution in [2.75, 3.05) is 6.54 Å². The summed E-state index contributed by atoms with van der Waals surface area (Å²) in [6.45, 7) is 6.35. The molecule has 2 atom stereocenters. The van der Waals surface area contributed by atoms with Crippen molar-refractivity contribution in [1.82, 2.24) is 15.1 Å². The summed E-state index contributed by atoms with van der Waals surface area (Å²) in [5, 5.41) is 6.97. The molecule has 0 aliphatic heterocycles. The van der Waals surface area contributed by atoms with Gasteiger partial charge < -0.3 is 11.1 Å². The molecular weight excluding hydrogens is 204 g/mol. The molecule has 0 radical (unpaired) electrons. The Morgan fingerprint density at radius 3 is 2.62 bits per heavy atom. The Labute approximate surface area is 96.0 Å². The van der Waals surface area contributed by atoms with Crippen molar-refractivity contribution in [1.29, 1.82) is 0 Å². The van der Waals surface area contributed by atoms with Gasteiger partial charge in [-0.15, -0.1) is 0 Å². The zero-order valence-corrected chi connectivity index (χ0v) is 10.1. The van der Waals surface area contributed by atoms with Crippen LogP contribution in [-0.2, 0) is 4.79 Å². The Balaban J connectivity index is 2.58. The van der Waals surface area contributed by atoms with Gasteiger partial charge in [-0.1, -0.05) is 13.8 Å². The summed E-state index contributed by atoms with van der Waals surface area (Å²) in [7, 11) is 0. The third-order valence-corrected chi connectivity index (χ3v) is 2.69. The summed E-state index contributed by atoms with van der Waals surface area (Å²) in [5.41, 5.74) is 5.60. The number of carbonyl (C=O) groups excluding carboxylic acids is 1. The smallest absolute Gasteiger partial charge is 0.244 e. The number of carbonyl (C=O) groups is 1. The van der Waals surface area contributed by atoms with Gasteiger partial charge in [-0.25, -0.2) is 0 Å². The van der Waals surface area contributed by atoms with Crippen LogP contribution in [0.3, 0.4) is 0 Å². The SMILES string of the molecule is CC(C)C(CN)NC(=O)C(C)n1cccn1. The Hall–Kier alpha value is -1.36. The average molecular weight is 224 g/mol. The molecule has 0 spiro atoms. The first kappa shape index (κ1) is 12.7. The second-order valence-corrected chi connectivity index (χ2v) is 4.26. The molecule has 0 saturated heterocycles. The van der Waals surface area contributed by atoms with Gasteiger partial charge in [0, 0.05) is 25.0 Å². The van der Waals surface area contributed by atoms with E-state index in [1.165, 1.54) is 0 Å². The molecular formula is C11H20N4O. The summed E-state index contributed by atoms with van der Waals surface area (Å²) in [4.78, 5) is 11.9. The quantitative estimate of drug-likeness (QED) is 0.767. The van der Waals surface area contributed by atoms with Crippen LogP contribution in [0.5, 0.6) is 0 Å². The van der Waals surface area contributed by atoms with Crippen LogP contribution in [0.25, 0.3) is 0 Å². The molecule has 5 nitrogen and oxygen atoms in total. The van der Waals surface area contributed by atoms with E-state index in [0.29, 0.717) is 12.5 Å². The molecule has 1 aromatic heterocycles. The first-order valence-electron chi connectivity index (χ1n) is 5.55. The van der Waals surface area contributed by atoms with Gasteiger partial charge in [0.15, 0.2) is 0 Å². The number of aromatic nitrogens is 2. The molecule has 1 rings (SSSR count). The Morgan fingerprint density at radius 1 is 1.50 bits per heavy atom. The molecule has 2 unspecified atom stereocenters. The van der Waals surface area contributed by atoms with Crippen molar-refractivity contribution in [2.24, 2.45) is 11.7 Å². The van der Waals surface area contributed by atoms with Crippen molar-refractivity contribution in [3.05, 3.63) is 18.5 Å². The molecule has 0 fully saturated rings. The van der Waals surface area contributed by atoms with E-state index in [2.05, 4.69) is 10.4 Å². The van der Waals surface area contributed by atoms with Crippen molar-refractivity contribution < 1.29 is 4.79 Å². The second kappa shape index (κ2) is 5.65. The van der Waals surface area contributed by atoms with Crippen LogP contribution >= 0.6 is 0 Å². The summed E-state index contributed by atoms with van der Waals surface area (Å²) in [6, 6.07) is 1.51. The molecule has 5 heteroatoms. The predicted molar refractivity (Wildman–Crippen MR) is 62.8 cm³/mol. The Morgan fingerprint density at radius 2 is 2.19 bits per heavy atom.